The number of hydrogen-bond donors (Lipinski definition) is 2. The number of rotatable bonds is 1. The van der Waals surface area contributed by atoms with E-state index in [1.165, 1.54) is 0 Å². The molecule has 2 N–H and O–H groups in total. The second-order valence-corrected chi connectivity index (χ2v) is 5.84. The molecule has 0 aromatic carbocycles. The Morgan fingerprint density at radius 2 is 2.30 bits per heavy atom. The van der Waals surface area contributed by atoms with Gasteiger partial charge in [0.05, 0.1) is 31.1 Å². The normalized spacial score (nSPS) is 20.0. The van der Waals surface area contributed by atoms with Crippen molar-refractivity contribution in [2.45, 2.75) is 6.04 Å². The number of morpholine rings is 1. The maximum atomic E-state index is 5.58. The summed E-state index contributed by atoms with van der Waals surface area (Å²) >= 11 is 0. The minimum Gasteiger partial charge on any atom is -0.379 e. The summed E-state index contributed by atoms with van der Waals surface area (Å²) in [6.45, 7) is 3.22. The second kappa shape index (κ2) is 4.92. The average Bonchev–Trinajstić information content (AvgIpc) is 3.05. The van der Waals surface area contributed by atoms with Crippen molar-refractivity contribution in [2.24, 2.45) is 0 Å². The molecule has 0 amide bonds. The Bertz CT molecular complexity index is 876. The molecule has 0 aliphatic carbocycles. The van der Waals surface area contributed by atoms with E-state index in [0.717, 1.165) is 60.2 Å². The first-order valence-corrected chi connectivity index (χ1v) is 7.78. The third-order valence-electron chi connectivity index (χ3n) is 4.49. The van der Waals surface area contributed by atoms with Gasteiger partial charge in [-0.05, 0) is 12.1 Å². The minimum atomic E-state index is 0.337. The number of aromatic amines is 1. The first-order chi connectivity index (χ1) is 11.4. The largest absolute Gasteiger partial charge is 0.379 e. The van der Waals surface area contributed by atoms with Crippen LogP contribution in [0.5, 0.6) is 0 Å². The lowest BCUT2D eigenvalue weighted by Crippen LogP contribution is -2.52. The van der Waals surface area contributed by atoms with Gasteiger partial charge in [0.15, 0.2) is 11.6 Å². The Morgan fingerprint density at radius 3 is 3.30 bits per heavy atom. The van der Waals surface area contributed by atoms with Crippen LogP contribution in [0.3, 0.4) is 0 Å². The van der Waals surface area contributed by atoms with Crippen molar-refractivity contribution in [3.8, 4) is 11.4 Å². The predicted molar refractivity (Wildman–Crippen MR) is 87.6 cm³/mol. The van der Waals surface area contributed by atoms with E-state index in [9.17, 15) is 0 Å². The predicted octanol–water partition coefficient (Wildman–Crippen LogP) is 1.65. The van der Waals surface area contributed by atoms with E-state index in [1.54, 1.807) is 6.20 Å². The summed E-state index contributed by atoms with van der Waals surface area (Å²) in [7, 11) is 0. The van der Waals surface area contributed by atoms with Crippen LogP contribution in [0.4, 0.5) is 11.5 Å². The molecule has 3 aromatic heterocycles. The quantitative estimate of drug-likeness (QED) is 0.711. The van der Waals surface area contributed by atoms with E-state index in [2.05, 4.69) is 25.2 Å². The van der Waals surface area contributed by atoms with Crippen molar-refractivity contribution < 1.29 is 4.74 Å². The van der Waals surface area contributed by atoms with Crippen molar-refractivity contribution in [1.82, 2.24) is 19.9 Å². The van der Waals surface area contributed by atoms with Gasteiger partial charge < -0.3 is 19.9 Å². The van der Waals surface area contributed by atoms with Gasteiger partial charge in [0.25, 0.3) is 0 Å². The molecule has 7 heteroatoms. The fourth-order valence-corrected chi connectivity index (χ4v) is 3.32. The highest BCUT2D eigenvalue weighted by molar-refractivity contribution is 5.92. The molecule has 2 aliphatic rings. The van der Waals surface area contributed by atoms with Crippen molar-refractivity contribution in [1.29, 1.82) is 0 Å². The SMILES string of the molecule is c1cnc2[nH]cc(-c3ncc4c(n3)N3CCOCC3CN4)c2c1. The number of anilines is 2. The van der Waals surface area contributed by atoms with Crippen LogP contribution < -0.4 is 10.2 Å². The van der Waals surface area contributed by atoms with Gasteiger partial charge in [0.1, 0.15) is 5.65 Å². The first kappa shape index (κ1) is 12.8. The van der Waals surface area contributed by atoms with Crippen molar-refractivity contribution in [3.63, 3.8) is 0 Å². The summed E-state index contributed by atoms with van der Waals surface area (Å²) < 4.78 is 5.58. The summed E-state index contributed by atoms with van der Waals surface area (Å²) in [6, 6.07) is 4.30. The Hall–Kier alpha value is -2.67. The van der Waals surface area contributed by atoms with Gasteiger partial charge >= 0.3 is 0 Å². The average molecular weight is 308 g/mol. The van der Waals surface area contributed by atoms with E-state index >= 15 is 0 Å². The molecule has 0 saturated carbocycles. The molecular formula is C16H16N6O. The molecule has 0 bridgehead atoms. The molecule has 0 radical (unpaired) electrons. The van der Waals surface area contributed by atoms with E-state index in [1.807, 2.05) is 24.5 Å². The van der Waals surface area contributed by atoms with Crippen LogP contribution in [0.25, 0.3) is 22.4 Å². The Morgan fingerprint density at radius 1 is 1.30 bits per heavy atom. The number of nitrogens with zero attached hydrogens (tertiary/aromatic N) is 4. The van der Waals surface area contributed by atoms with E-state index in [4.69, 9.17) is 9.72 Å². The number of hydrogen-bond acceptors (Lipinski definition) is 6. The number of fused-ring (bicyclic) bond motifs is 4. The van der Waals surface area contributed by atoms with Crippen LogP contribution in [0.15, 0.2) is 30.7 Å². The lowest BCUT2D eigenvalue weighted by atomic mass is 10.1. The molecule has 0 spiro atoms. The minimum absolute atomic E-state index is 0.337. The monoisotopic (exact) mass is 308 g/mol. The highest BCUT2D eigenvalue weighted by atomic mass is 16.5. The van der Waals surface area contributed by atoms with Gasteiger partial charge in [-0.2, -0.15) is 0 Å². The number of aromatic nitrogens is 4. The molecule has 1 saturated heterocycles. The van der Waals surface area contributed by atoms with E-state index in [-0.39, 0.29) is 0 Å². The maximum absolute atomic E-state index is 5.58. The van der Waals surface area contributed by atoms with Crippen LogP contribution in [-0.2, 0) is 4.74 Å². The zero-order chi connectivity index (χ0) is 15.2. The summed E-state index contributed by atoms with van der Waals surface area (Å²) in [5.41, 5.74) is 2.82. The molecule has 5 rings (SSSR count). The second-order valence-electron chi connectivity index (χ2n) is 5.84. The van der Waals surface area contributed by atoms with Gasteiger partial charge in [0.2, 0.25) is 0 Å². The molecule has 1 fully saturated rings. The maximum Gasteiger partial charge on any atom is 0.163 e. The fraction of sp³-hybridized carbons (Fsp3) is 0.312. The van der Waals surface area contributed by atoms with Crippen molar-refractivity contribution >= 4 is 22.5 Å². The van der Waals surface area contributed by atoms with Gasteiger partial charge in [-0.25, -0.2) is 15.0 Å². The number of pyridine rings is 1. The molecule has 116 valence electrons. The lowest BCUT2D eigenvalue weighted by Gasteiger charge is -2.41. The van der Waals surface area contributed by atoms with Crippen LogP contribution in [-0.4, -0.2) is 52.3 Å². The Kier molecular flexibility index (Phi) is 2.75. The third kappa shape index (κ3) is 1.97. The van der Waals surface area contributed by atoms with Crippen LogP contribution in [0, 0.1) is 0 Å². The van der Waals surface area contributed by atoms with Crippen LogP contribution >= 0.6 is 0 Å². The zero-order valence-electron chi connectivity index (χ0n) is 12.5. The van der Waals surface area contributed by atoms with Gasteiger partial charge in [-0.3, -0.25) is 0 Å². The van der Waals surface area contributed by atoms with E-state index < -0.39 is 0 Å². The summed E-state index contributed by atoms with van der Waals surface area (Å²) in [4.78, 5) is 19.2. The molecular weight excluding hydrogens is 292 g/mol. The summed E-state index contributed by atoms with van der Waals surface area (Å²) in [5.74, 6) is 1.68. The smallest absolute Gasteiger partial charge is 0.163 e. The number of H-pyrrole nitrogens is 1. The van der Waals surface area contributed by atoms with Gasteiger partial charge in [0, 0.05) is 36.4 Å². The Labute approximate surface area is 132 Å². The van der Waals surface area contributed by atoms with Crippen molar-refractivity contribution in [2.75, 3.05) is 36.5 Å². The summed E-state index contributed by atoms with van der Waals surface area (Å²) in [5, 5.41) is 4.44. The molecule has 2 aliphatic heterocycles. The van der Waals surface area contributed by atoms with E-state index in [0.29, 0.717) is 6.04 Å². The number of ether oxygens (including phenoxy) is 1. The topological polar surface area (TPSA) is 79.0 Å². The molecule has 3 aromatic rings. The van der Waals surface area contributed by atoms with Crippen LogP contribution in [0.1, 0.15) is 0 Å². The number of nitrogens with one attached hydrogen (secondary N) is 2. The molecule has 1 atom stereocenters. The molecule has 7 nitrogen and oxygen atoms in total. The highest BCUT2D eigenvalue weighted by Crippen LogP contribution is 2.33. The van der Waals surface area contributed by atoms with Crippen molar-refractivity contribution in [3.05, 3.63) is 30.7 Å². The third-order valence-corrected chi connectivity index (χ3v) is 4.49. The lowest BCUT2D eigenvalue weighted by molar-refractivity contribution is 0.0959. The zero-order valence-corrected chi connectivity index (χ0v) is 12.5. The van der Waals surface area contributed by atoms with Gasteiger partial charge in [-0.1, -0.05) is 0 Å². The highest BCUT2D eigenvalue weighted by Gasteiger charge is 2.30. The summed E-state index contributed by atoms with van der Waals surface area (Å²) in [6.07, 6.45) is 5.57. The van der Waals surface area contributed by atoms with Crippen LogP contribution in [0.2, 0.25) is 0 Å². The van der Waals surface area contributed by atoms with Gasteiger partial charge in [-0.15, -0.1) is 0 Å². The first-order valence-electron chi connectivity index (χ1n) is 7.78. The molecule has 1 unspecified atom stereocenters. The molecule has 23 heavy (non-hydrogen) atoms. The molecule has 5 heterocycles. The standard InChI is InChI=1S/C16H16N6O/c1-2-11-12(7-19-14(11)17-3-1)15-20-8-13-16(21-15)22-4-5-23-9-10(22)6-18-13/h1-3,7-8,10,18H,4-6,9H2,(H,17,19). The fourth-order valence-electron chi connectivity index (χ4n) is 3.32. The Balaban J connectivity index is 1.63.